The molecule has 116 valence electrons. The summed E-state index contributed by atoms with van der Waals surface area (Å²) in [5.74, 6) is 2.27. The molecule has 0 bridgehead atoms. The van der Waals surface area contributed by atoms with E-state index in [1.807, 2.05) is 24.3 Å². The highest BCUT2D eigenvalue weighted by Gasteiger charge is 2.16. The van der Waals surface area contributed by atoms with Crippen LogP contribution in [-0.4, -0.2) is 27.8 Å². The smallest absolute Gasteiger partial charge is 0.193 e. The van der Waals surface area contributed by atoms with Crippen molar-refractivity contribution in [3.63, 3.8) is 0 Å². The maximum absolute atomic E-state index is 5.97. The maximum Gasteiger partial charge on any atom is 0.193 e. The molecule has 3 rings (SSSR count). The van der Waals surface area contributed by atoms with E-state index in [0.717, 1.165) is 42.3 Å². The molecule has 7 nitrogen and oxygen atoms in total. The zero-order chi connectivity index (χ0) is 15.4. The topological polar surface area (TPSA) is 90.3 Å². The van der Waals surface area contributed by atoms with E-state index < -0.39 is 0 Å². The number of aliphatic imine (C=N–C) groups is 1. The van der Waals surface area contributed by atoms with E-state index in [-0.39, 0.29) is 0 Å². The molecule has 0 atom stereocenters. The lowest BCUT2D eigenvalue weighted by atomic mass is 10.2. The van der Waals surface area contributed by atoms with Crippen molar-refractivity contribution in [2.45, 2.75) is 32.5 Å². The fourth-order valence-corrected chi connectivity index (χ4v) is 2.58. The van der Waals surface area contributed by atoms with Gasteiger partial charge < -0.3 is 20.4 Å². The third-order valence-electron chi connectivity index (χ3n) is 3.66. The molecule has 3 N–H and O–H groups in total. The van der Waals surface area contributed by atoms with E-state index in [0.29, 0.717) is 19.1 Å². The van der Waals surface area contributed by atoms with E-state index in [9.17, 15) is 0 Å². The van der Waals surface area contributed by atoms with Crippen LogP contribution in [0.25, 0.3) is 0 Å². The Morgan fingerprint density at radius 3 is 3.14 bits per heavy atom. The predicted molar refractivity (Wildman–Crippen MR) is 84.4 cm³/mol. The number of anilines is 1. The van der Waals surface area contributed by atoms with Gasteiger partial charge in [-0.05, 0) is 12.5 Å². The number of guanidine groups is 1. The Labute approximate surface area is 129 Å². The number of methoxy groups -OCH3 is 1. The predicted octanol–water partition coefficient (Wildman–Crippen LogP) is 1.30. The fourth-order valence-electron chi connectivity index (χ4n) is 2.58. The van der Waals surface area contributed by atoms with Gasteiger partial charge >= 0.3 is 0 Å². The van der Waals surface area contributed by atoms with Gasteiger partial charge in [-0.1, -0.05) is 18.2 Å². The molecule has 0 saturated carbocycles. The molecular weight excluding hydrogens is 280 g/mol. The van der Waals surface area contributed by atoms with Crippen molar-refractivity contribution in [1.82, 2.24) is 14.8 Å². The summed E-state index contributed by atoms with van der Waals surface area (Å²) in [6.07, 6.45) is 2.12. The monoisotopic (exact) mass is 300 g/mol. The molecule has 2 aromatic rings. The molecule has 2 heterocycles. The van der Waals surface area contributed by atoms with Crippen LogP contribution in [0.15, 0.2) is 29.3 Å². The Hall–Kier alpha value is -2.41. The highest BCUT2D eigenvalue weighted by molar-refractivity contribution is 5.92. The number of hydrogen-bond acceptors (Lipinski definition) is 4. The molecule has 0 unspecified atom stereocenters. The second kappa shape index (κ2) is 6.57. The van der Waals surface area contributed by atoms with Crippen LogP contribution in [0.1, 0.15) is 23.6 Å². The van der Waals surface area contributed by atoms with Gasteiger partial charge in [0.25, 0.3) is 0 Å². The second-order valence-corrected chi connectivity index (χ2v) is 5.20. The van der Waals surface area contributed by atoms with Crippen molar-refractivity contribution in [3.05, 3.63) is 41.5 Å². The summed E-state index contributed by atoms with van der Waals surface area (Å²) in [7, 11) is 1.67. The zero-order valence-corrected chi connectivity index (χ0v) is 12.6. The first-order chi connectivity index (χ1) is 10.8. The van der Waals surface area contributed by atoms with Crippen molar-refractivity contribution in [2.75, 3.05) is 12.4 Å². The largest absolute Gasteiger partial charge is 0.380 e. The number of para-hydroxylation sites is 1. The molecule has 1 aromatic heterocycles. The van der Waals surface area contributed by atoms with Crippen LogP contribution in [0.4, 0.5) is 5.69 Å². The fraction of sp³-hybridized carbons (Fsp3) is 0.400. The lowest BCUT2D eigenvalue weighted by Crippen LogP contribution is -2.23. The molecule has 22 heavy (non-hydrogen) atoms. The van der Waals surface area contributed by atoms with Crippen LogP contribution in [0, 0.1) is 0 Å². The van der Waals surface area contributed by atoms with Gasteiger partial charge in [0.1, 0.15) is 12.4 Å². The minimum atomic E-state index is 0.360. The number of hydrogen-bond donors (Lipinski definition) is 2. The van der Waals surface area contributed by atoms with E-state index in [1.165, 1.54) is 0 Å². The van der Waals surface area contributed by atoms with Crippen LogP contribution in [0.5, 0.6) is 0 Å². The highest BCUT2D eigenvalue weighted by Crippen LogP contribution is 2.16. The number of nitrogens with zero attached hydrogens (tertiary/aromatic N) is 4. The number of ether oxygens (including phenoxy) is 1. The van der Waals surface area contributed by atoms with Crippen LogP contribution in [-0.2, 0) is 30.9 Å². The number of benzene rings is 1. The number of rotatable bonds is 5. The number of nitrogens with two attached hydrogens (primary N) is 1. The average molecular weight is 300 g/mol. The lowest BCUT2D eigenvalue weighted by molar-refractivity contribution is 0.185. The average Bonchev–Trinajstić information content (AvgIpc) is 3.11. The normalized spacial score (nSPS) is 14.1. The molecule has 0 spiro atoms. The zero-order valence-electron chi connectivity index (χ0n) is 12.6. The molecule has 7 heteroatoms. The van der Waals surface area contributed by atoms with Gasteiger partial charge in [-0.15, -0.1) is 10.2 Å². The first-order valence-corrected chi connectivity index (χ1v) is 7.32. The number of aromatic nitrogens is 3. The number of nitrogens with one attached hydrogen (secondary N) is 1. The van der Waals surface area contributed by atoms with Crippen LogP contribution in [0.3, 0.4) is 0 Å². The summed E-state index contributed by atoms with van der Waals surface area (Å²) in [6, 6.07) is 7.85. The van der Waals surface area contributed by atoms with E-state index in [2.05, 4.69) is 25.1 Å². The quantitative estimate of drug-likeness (QED) is 0.641. The number of aryl methyl sites for hydroxylation is 1. The molecule has 0 radical (unpaired) electrons. The van der Waals surface area contributed by atoms with Gasteiger partial charge in [-0.2, -0.15) is 0 Å². The van der Waals surface area contributed by atoms with Gasteiger partial charge in [-0.3, -0.25) is 0 Å². The van der Waals surface area contributed by atoms with E-state index in [4.69, 9.17) is 10.5 Å². The summed E-state index contributed by atoms with van der Waals surface area (Å²) in [5, 5.41) is 11.4. The maximum atomic E-state index is 5.97. The number of fused-ring (bicyclic) bond motifs is 1. The minimum Gasteiger partial charge on any atom is -0.380 e. The molecule has 1 aliphatic rings. The van der Waals surface area contributed by atoms with Crippen molar-refractivity contribution >= 4 is 11.6 Å². The molecule has 1 aliphatic heterocycles. The molecule has 0 saturated heterocycles. The molecule has 1 aromatic carbocycles. The standard InChI is InChI=1S/C15H20N6O/c1-22-10-11-5-2-3-6-12(11)18-15(16)17-9-14-20-19-13-7-4-8-21(13)14/h2-3,5-6H,4,7-10H2,1H3,(H3,16,17,18). The van der Waals surface area contributed by atoms with E-state index >= 15 is 0 Å². The van der Waals surface area contributed by atoms with Crippen molar-refractivity contribution in [1.29, 1.82) is 0 Å². The molecule has 0 fully saturated rings. The first kappa shape index (κ1) is 14.5. The SMILES string of the molecule is COCc1ccccc1NC(N)=NCc1nnc2n1CCC2. The van der Waals surface area contributed by atoms with Crippen molar-refractivity contribution in [2.24, 2.45) is 10.7 Å². The first-order valence-electron chi connectivity index (χ1n) is 7.32. The summed E-state index contributed by atoms with van der Waals surface area (Å²) in [6.45, 7) is 1.92. The third-order valence-corrected chi connectivity index (χ3v) is 3.66. The molecule has 0 amide bonds. The van der Waals surface area contributed by atoms with Crippen LogP contribution >= 0.6 is 0 Å². The van der Waals surface area contributed by atoms with Crippen LogP contribution < -0.4 is 11.1 Å². The van der Waals surface area contributed by atoms with Crippen molar-refractivity contribution in [3.8, 4) is 0 Å². The Balaban J connectivity index is 1.67. The van der Waals surface area contributed by atoms with Crippen LogP contribution in [0.2, 0.25) is 0 Å². The summed E-state index contributed by atoms with van der Waals surface area (Å²) in [4.78, 5) is 4.36. The molecule has 0 aliphatic carbocycles. The Morgan fingerprint density at radius 2 is 2.27 bits per heavy atom. The Bertz CT molecular complexity index is 678. The van der Waals surface area contributed by atoms with Gasteiger partial charge in [0.2, 0.25) is 0 Å². The third kappa shape index (κ3) is 3.09. The van der Waals surface area contributed by atoms with Gasteiger partial charge in [0.05, 0.1) is 6.61 Å². The van der Waals surface area contributed by atoms with Crippen molar-refractivity contribution < 1.29 is 4.74 Å². The summed E-state index contributed by atoms with van der Waals surface area (Å²) < 4.78 is 7.30. The Morgan fingerprint density at radius 1 is 1.41 bits per heavy atom. The summed E-state index contributed by atoms with van der Waals surface area (Å²) in [5.41, 5.74) is 7.91. The second-order valence-electron chi connectivity index (χ2n) is 5.20. The minimum absolute atomic E-state index is 0.360. The van der Waals surface area contributed by atoms with Gasteiger partial charge in [-0.25, -0.2) is 4.99 Å². The van der Waals surface area contributed by atoms with E-state index in [1.54, 1.807) is 7.11 Å². The highest BCUT2D eigenvalue weighted by atomic mass is 16.5. The van der Waals surface area contributed by atoms with Gasteiger partial charge in [0.15, 0.2) is 11.8 Å². The lowest BCUT2D eigenvalue weighted by Gasteiger charge is -2.10. The molecular formula is C15H20N6O. The Kier molecular flexibility index (Phi) is 4.34. The summed E-state index contributed by atoms with van der Waals surface area (Å²) >= 11 is 0. The van der Waals surface area contributed by atoms with Gasteiger partial charge in [0, 0.05) is 31.3 Å².